The molecule has 1 saturated carbocycles. The second-order valence-electron chi connectivity index (χ2n) is 15.2. The van der Waals surface area contributed by atoms with E-state index in [0.717, 1.165) is 75.4 Å². The first-order chi connectivity index (χ1) is 24.0. The van der Waals surface area contributed by atoms with Crippen molar-refractivity contribution in [2.24, 2.45) is 11.8 Å². The highest BCUT2D eigenvalue weighted by atomic mass is 35.5. The number of carbonyl (C=O) groups is 1. The van der Waals surface area contributed by atoms with Gasteiger partial charge in [-0.2, -0.15) is 0 Å². The highest BCUT2D eigenvalue weighted by molar-refractivity contribution is 7.90. The van der Waals surface area contributed by atoms with Crippen LogP contribution in [-0.2, 0) is 40.9 Å². The minimum absolute atomic E-state index is 0.0109. The van der Waals surface area contributed by atoms with E-state index in [0.29, 0.717) is 31.4 Å². The molecule has 5 atom stereocenters. The second kappa shape index (κ2) is 14.4. The van der Waals surface area contributed by atoms with Crippen LogP contribution in [0.3, 0.4) is 0 Å². The van der Waals surface area contributed by atoms with Crippen molar-refractivity contribution in [3.63, 3.8) is 0 Å². The number of hydrogen-bond acceptors (Lipinski definition) is 9. The molecule has 2 fully saturated rings. The Kier molecular flexibility index (Phi) is 10.3. The van der Waals surface area contributed by atoms with Crippen LogP contribution in [0.1, 0.15) is 57.1 Å². The van der Waals surface area contributed by atoms with Crippen LogP contribution in [0.4, 0.5) is 5.69 Å². The van der Waals surface area contributed by atoms with Crippen molar-refractivity contribution in [1.29, 1.82) is 0 Å². The maximum atomic E-state index is 13.7. The Morgan fingerprint density at radius 1 is 1.10 bits per heavy atom. The lowest BCUT2D eigenvalue weighted by molar-refractivity contribution is -0.139. The maximum absolute atomic E-state index is 13.7. The fraction of sp³-hybridized carbons (Fsp3) is 0.605. The molecule has 1 saturated heterocycles. The largest absolute Gasteiger partial charge is 0.490 e. The number of rotatable bonds is 5. The fourth-order valence-corrected chi connectivity index (χ4v) is 9.76. The first-order valence-electron chi connectivity index (χ1n) is 18.0. The van der Waals surface area contributed by atoms with Crippen molar-refractivity contribution in [3.05, 3.63) is 64.7 Å². The highest BCUT2D eigenvalue weighted by Crippen LogP contribution is 2.47. The predicted molar refractivity (Wildman–Crippen MR) is 193 cm³/mol. The van der Waals surface area contributed by atoms with E-state index in [2.05, 4.69) is 32.7 Å². The van der Waals surface area contributed by atoms with Gasteiger partial charge < -0.3 is 23.8 Å². The molecule has 50 heavy (non-hydrogen) atoms. The van der Waals surface area contributed by atoms with Gasteiger partial charge in [-0.05, 0) is 106 Å². The number of amides is 1. The maximum Gasteiger partial charge on any atom is 0.265 e. The van der Waals surface area contributed by atoms with Gasteiger partial charge in [0, 0.05) is 50.3 Å². The van der Waals surface area contributed by atoms with Crippen molar-refractivity contribution in [2.45, 2.75) is 80.5 Å². The number of likely N-dealkylation sites (tertiary alicyclic amines) is 1. The monoisotopic (exact) mass is 727 g/mol. The molecule has 3 aliphatic heterocycles. The van der Waals surface area contributed by atoms with Gasteiger partial charge >= 0.3 is 0 Å². The lowest BCUT2D eigenvalue weighted by Crippen LogP contribution is -2.50. The number of aryl methyl sites for hydroxylation is 1. The minimum atomic E-state index is -4.20. The van der Waals surface area contributed by atoms with Crippen LogP contribution >= 0.6 is 11.6 Å². The summed E-state index contributed by atoms with van der Waals surface area (Å²) in [6.07, 6.45) is 10.2. The smallest absolute Gasteiger partial charge is 0.265 e. The molecule has 3 heterocycles. The Balaban J connectivity index is 1.23. The van der Waals surface area contributed by atoms with Gasteiger partial charge in [0.25, 0.3) is 15.9 Å². The van der Waals surface area contributed by atoms with Crippen LogP contribution in [0.5, 0.6) is 5.75 Å². The fourth-order valence-electron chi connectivity index (χ4n) is 8.45. The lowest BCUT2D eigenvalue weighted by atomic mass is 9.68. The number of methoxy groups -OCH3 is 1. The third-order valence-electron chi connectivity index (χ3n) is 11.6. The van der Waals surface area contributed by atoms with Gasteiger partial charge in [0.1, 0.15) is 11.4 Å². The molecule has 0 aromatic heterocycles. The number of fused-ring (bicyclic) bond motifs is 4. The standard InChI is InChI=1S/C38H50ClN3O7S/c1-37(2)36(43)40-50(44,45)30-10-13-35-33(21-30)42(24-38(25-48-35)15-4-6-26-20-28(39)9-12-32(26)38)22-27-8-11-31(27)34(7-5-18-49-37)47-19-17-41-16-14-29(23-41)46-3/h5,7,9-10,12-13,20-21,27,29,31,34H,4,6,8,11,14-19,22-25H2,1-3H3,(H,40,43)/b7-5-/t27-,29+,31+,34-,38-/m0/s1. The number of nitrogens with one attached hydrogen (secondary N) is 1. The zero-order chi connectivity index (χ0) is 35.1. The summed E-state index contributed by atoms with van der Waals surface area (Å²) in [7, 11) is -2.42. The molecule has 2 aliphatic carbocycles. The van der Waals surface area contributed by atoms with Crippen LogP contribution in [0.25, 0.3) is 0 Å². The molecule has 5 aliphatic rings. The number of hydrogen-bond donors (Lipinski definition) is 1. The zero-order valence-electron chi connectivity index (χ0n) is 29.4. The summed E-state index contributed by atoms with van der Waals surface area (Å²) >= 11 is 6.46. The minimum Gasteiger partial charge on any atom is -0.490 e. The molecule has 0 unspecified atom stereocenters. The number of nitrogens with zero attached hydrogens (tertiary/aromatic N) is 2. The summed E-state index contributed by atoms with van der Waals surface area (Å²) in [6.45, 7) is 8.54. The molecule has 2 aromatic carbocycles. The molecular formula is C38H50ClN3O7S. The first-order valence-corrected chi connectivity index (χ1v) is 19.9. The summed E-state index contributed by atoms with van der Waals surface area (Å²) < 4.78 is 54.3. The predicted octanol–water partition coefficient (Wildman–Crippen LogP) is 5.12. The quantitative estimate of drug-likeness (QED) is 0.421. The van der Waals surface area contributed by atoms with Crippen LogP contribution in [0.15, 0.2) is 53.4 Å². The number of carbonyl (C=O) groups excluding carboxylic acids is 1. The van der Waals surface area contributed by atoms with Crippen molar-refractivity contribution < 1.29 is 32.2 Å². The molecule has 1 amide bonds. The Bertz CT molecular complexity index is 1720. The molecule has 2 bridgehead atoms. The molecule has 12 heteroatoms. The summed E-state index contributed by atoms with van der Waals surface area (Å²) in [5, 5.41) is 0.730. The van der Waals surface area contributed by atoms with E-state index in [4.69, 9.17) is 30.5 Å². The zero-order valence-corrected chi connectivity index (χ0v) is 30.9. The van der Waals surface area contributed by atoms with E-state index in [-0.39, 0.29) is 35.0 Å². The molecule has 272 valence electrons. The number of anilines is 1. The van der Waals surface area contributed by atoms with Crippen LogP contribution in [0.2, 0.25) is 5.02 Å². The number of sulfonamides is 1. The third kappa shape index (κ3) is 7.32. The molecule has 1 spiro atoms. The van der Waals surface area contributed by atoms with Crippen molar-refractivity contribution in [2.75, 3.05) is 64.6 Å². The second-order valence-corrected chi connectivity index (χ2v) is 17.3. The van der Waals surface area contributed by atoms with Gasteiger partial charge in [0.2, 0.25) is 0 Å². The Hall–Kier alpha value is -2.67. The lowest BCUT2D eigenvalue weighted by Gasteiger charge is -2.46. The van der Waals surface area contributed by atoms with Gasteiger partial charge in [0.15, 0.2) is 0 Å². The third-order valence-corrected chi connectivity index (χ3v) is 13.2. The Morgan fingerprint density at radius 2 is 1.96 bits per heavy atom. The molecule has 7 rings (SSSR count). The summed E-state index contributed by atoms with van der Waals surface area (Å²) in [5.74, 6) is 0.496. The van der Waals surface area contributed by atoms with Gasteiger partial charge in [-0.15, -0.1) is 0 Å². The van der Waals surface area contributed by atoms with E-state index in [1.54, 1.807) is 33.1 Å². The SMILES string of the molecule is CO[C@@H]1CCN(CCO[C@H]2/C=C\COC(C)(C)C(=O)NS(=O)(=O)c3ccc4c(c3)N(C[C@@H]3CC[C@H]32)C[C@@]2(CCCc3cc(Cl)ccc32)CO4)C1. The number of ether oxygens (including phenoxy) is 4. The summed E-state index contributed by atoms with van der Waals surface area (Å²) in [5.41, 5.74) is 1.54. The van der Waals surface area contributed by atoms with E-state index in [1.165, 1.54) is 17.2 Å². The van der Waals surface area contributed by atoms with Crippen LogP contribution in [0, 0.1) is 11.8 Å². The van der Waals surface area contributed by atoms with E-state index >= 15 is 0 Å². The molecule has 0 radical (unpaired) electrons. The topological polar surface area (TPSA) is 107 Å². The molecular weight excluding hydrogens is 678 g/mol. The van der Waals surface area contributed by atoms with Crippen molar-refractivity contribution in [3.8, 4) is 5.75 Å². The van der Waals surface area contributed by atoms with Crippen LogP contribution in [-0.4, -0.2) is 96.7 Å². The van der Waals surface area contributed by atoms with Gasteiger partial charge in [0.05, 0.1) is 42.6 Å². The summed E-state index contributed by atoms with van der Waals surface area (Å²) in [4.78, 5) is 18.0. The van der Waals surface area contributed by atoms with Crippen LogP contribution < -0.4 is 14.4 Å². The molecule has 10 nitrogen and oxygen atoms in total. The molecule has 2 aromatic rings. The highest BCUT2D eigenvalue weighted by Gasteiger charge is 2.45. The van der Waals surface area contributed by atoms with Crippen molar-refractivity contribution >= 4 is 33.2 Å². The van der Waals surface area contributed by atoms with Gasteiger partial charge in [-0.3, -0.25) is 9.69 Å². The van der Waals surface area contributed by atoms with Gasteiger partial charge in [-0.1, -0.05) is 29.8 Å². The van der Waals surface area contributed by atoms with Crippen molar-refractivity contribution in [1.82, 2.24) is 9.62 Å². The Morgan fingerprint density at radius 3 is 2.74 bits per heavy atom. The van der Waals surface area contributed by atoms with E-state index in [9.17, 15) is 13.2 Å². The molecule has 1 N–H and O–H groups in total. The Labute approximate surface area is 301 Å². The van der Waals surface area contributed by atoms with Gasteiger partial charge in [-0.25, -0.2) is 13.1 Å². The first kappa shape index (κ1) is 35.7. The summed E-state index contributed by atoms with van der Waals surface area (Å²) in [6, 6.07) is 11.1. The average Bonchev–Trinajstić information content (AvgIpc) is 3.48. The normalized spacial score (nSPS) is 31.4. The number of halogens is 1. The van der Waals surface area contributed by atoms with E-state index in [1.807, 2.05) is 12.1 Å². The number of benzene rings is 2. The van der Waals surface area contributed by atoms with E-state index < -0.39 is 21.5 Å². The average molecular weight is 728 g/mol.